The van der Waals surface area contributed by atoms with Crippen LogP contribution in [0.4, 0.5) is 0 Å². The van der Waals surface area contributed by atoms with Gasteiger partial charge < -0.3 is 15.8 Å². The van der Waals surface area contributed by atoms with E-state index in [0.717, 1.165) is 19.4 Å². The lowest BCUT2D eigenvalue weighted by atomic mass is 9.46. The molecule has 4 nitrogen and oxygen atoms in total. The lowest BCUT2D eigenvalue weighted by Crippen LogP contribution is -2.82. The number of nitrogens with two attached hydrogens (primary N) is 1. The number of hydrogen-bond acceptors (Lipinski definition) is 3. The zero-order valence-electron chi connectivity index (χ0n) is 10.4. The van der Waals surface area contributed by atoms with Crippen LogP contribution in [0.25, 0.3) is 0 Å². The third-order valence-corrected chi connectivity index (χ3v) is 4.40. The van der Waals surface area contributed by atoms with E-state index in [1.807, 2.05) is 20.8 Å². The van der Waals surface area contributed by atoms with Crippen LogP contribution in [0, 0.1) is 11.3 Å². The van der Waals surface area contributed by atoms with Crippen molar-refractivity contribution in [2.75, 3.05) is 13.2 Å². The van der Waals surface area contributed by atoms with Crippen molar-refractivity contribution in [3.8, 4) is 0 Å². The Hall–Kier alpha value is -0.610. The summed E-state index contributed by atoms with van der Waals surface area (Å²) in [6.07, 6.45) is 2.16. The Morgan fingerprint density at radius 3 is 2.88 bits per heavy atom. The summed E-state index contributed by atoms with van der Waals surface area (Å²) in [5, 5.41) is 2.86. The molecule has 0 aromatic carbocycles. The van der Waals surface area contributed by atoms with Gasteiger partial charge in [0, 0.05) is 24.5 Å². The molecule has 0 aromatic heterocycles. The summed E-state index contributed by atoms with van der Waals surface area (Å²) in [4.78, 5) is 12.1. The standard InChI is InChI=1S/C12H22N2O2/c1-4-14-10(15)12(13)8-6-5-7-16-9(8)11(12,2)3/h8-9H,4-7,13H2,1-3H3,(H,14,15). The zero-order chi connectivity index (χ0) is 12.0. The maximum absolute atomic E-state index is 12.1. The van der Waals surface area contributed by atoms with Crippen molar-refractivity contribution < 1.29 is 9.53 Å². The first-order valence-corrected chi connectivity index (χ1v) is 6.15. The molecule has 3 unspecified atom stereocenters. The van der Waals surface area contributed by atoms with E-state index in [1.54, 1.807) is 0 Å². The second-order valence-electron chi connectivity index (χ2n) is 5.49. The number of nitrogens with one attached hydrogen (secondary N) is 1. The number of amides is 1. The highest BCUT2D eigenvalue weighted by Gasteiger charge is 2.70. The minimum Gasteiger partial charge on any atom is -0.377 e. The number of carbonyl (C=O) groups excluding carboxylic acids is 1. The molecule has 1 aliphatic carbocycles. The molecular weight excluding hydrogens is 204 g/mol. The fourth-order valence-corrected chi connectivity index (χ4v) is 3.34. The minimum atomic E-state index is -0.756. The maximum Gasteiger partial charge on any atom is 0.241 e. The van der Waals surface area contributed by atoms with Gasteiger partial charge in [-0.1, -0.05) is 13.8 Å². The second kappa shape index (κ2) is 3.70. The summed E-state index contributed by atoms with van der Waals surface area (Å²) in [7, 11) is 0. The van der Waals surface area contributed by atoms with Gasteiger partial charge in [0.25, 0.3) is 0 Å². The van der Waals surface area contributed by atoms with Crippen LogP contribution in [-0.2, 0) is 9.53 Å². The van der Waals surface area contributed by atoms with Crippen molar-refractivity contribution in [3.05, 3.63) is 0 Å². The first-order valence-electron chi connectivity index (χ1n) is 6.15. The Labute approximate surface area is 96.9 Å². The number of hydrogen-bond donors (Lipinski definition) is 2. The molecule has 1 saturated heterocycles. The SMILES string of the molecule is CCNC(=O)C1(N)C2CCCOC2C1(C)C. The van der Waals surface area contributed by atoms with Gasteiger partial charge in [0.2, 0.25) is 5.91 Å². The fourth-order valence-electron chi connectivity index (χ4n) is 3.34. The van der Waals surface area contributed by atoms with E-state index in [9.17, 15) is 4.79 Å². The van der Waals surface area contributed by atoms with Crippen molar-refractivity contribution in [2.45, 2.75) is 45.3 Å². The molecule has 0 radical (unpaired) electrons. The summed E-state index contributed by atoms with van der Waals surface area (Å²) in [5.41, 5.74) is 5.35. The molecule has 2 rings (SSSR count). The van der Waals surface area contributed by atoms with Crippen LogP contribution in [0.3, 0.4) is 0 Å². The van der Waals surface area contributed by atoms with E-state index in [0.29, 0.717) is 6.54 Å². The van der Waals surface area contributed by atoms with Crippen molar-refractivity contribution in [3.63, 3.8) is 0 Å². The van der Waals surface area contributed by atoms with E-state index in [4.69, 9.17) is 10.5 Å². The highest BCUT2D eigenvalue weighted by atomic mass is 16.5. The second-order valence-corrected chi connectivity index (χ2v) is 5.49. The summed E-state index contributed by atoms with van der Waals surface area (Å²) in [6.45, 7) is 7.42. The first kappa shape index (κ1) is 11.9. The number of carbonyl (C=O) groups is 1. The predicted molar refractivity (Wildman–Crippen MR) is 61.8 cm³/mol. The van der Waals surface area contributed by atoms with Crippen molar-refractivity contribution in [1.82, 2.24) is 5.32 Å². The molecule has 0 spiro atoms. The maximum atomic E-state index is 12.1. The highest BCUT2D eigenvalue weighted by molar-refractivity contribution is 5.89. The smallest absolute Gasteiger partial charge is 0.241 e. The molecule has 16 heavy (non-hydrogen) atoms. The topological polar surface area (TPSA) is 64.4 Å². The van der Waals surface area contributed by atoms with E-state index in [-0.39, 0.29) is 23.3 Å². The monoisotopic (exact) mass is 226 g/mol. The van der Waals surface area contributed by atoms with Crippen LogP contribution in [0.1, 0.15) is 33.6 Å². The summed E-state index contributed by atoms with van der Waals surface area (Å²) in [6, 6.07) is 0. The van der Waals surface area contributed by atoms with Gasteiger partial charge in [-0.05, 0) is 19.8 Å². The Morgan fingerprint density at radius 1 is 1.56 bits per heavy atom. The number of ether oxygens (including phenoxy) is 1. The Kier molecular flexibility index (Phi) is 2.75. The molecule has 92 valence electrons. The quantitative estimate of drug-likeness (QED) is 0.727. The molecule has 4 heteroatoms. The van der Waals surface area contributed by atoms with Gasteiger partial charge in [-0.3, -0.25) is 4.79 Å². The Morgan fingerprint density at radius 2 is 2.25 bits per heavy atom. The molecule has 1 amide bonds. The van der Waals surface area contributed by atoms with Gasteiger partial charge in [0.1, 0.15) is 5.54 Å². The molecule has 2 fully saturated rings. The van der Waals surface area contributed by atoms with Gasteiger partial charge in [-0.2, -0.15) is 0 Å². The normalized spacial score (nSPS) is 40.8. The molecule has 0 bridgehead atoms. The third-order valence-electron chi connectivity index (χ3n) is 4.40. The largest absolute Gasteiger partial charge is 0.377 e. The van der Waals surface area contributed by atoms with Crippen LogP contribution in [0.2, 0.25) is 0 Å². The lowest BCUT2D eigenvalue weighted by molar-refractivity contribution is -0.225. The highest BCUT2D eigenvalue weighted by Crippen LogP contribution is 2.57. The van der Waals surface area contributed by atoms with E-state index in [1.165, 1.54) is 0 Å². The van der Waals surface area contributed by atoms with Gasteiger partial charge in [-0.25, -0.2) is 0 Å². The number of fused-ring (bicyclic) bond motifs is 1. The van der Waals surface area contributed by atoms with Gasteiger partial charge in [0.15, 0.2) is 0 Å². The zero-order valence-corrected chi connectivity index (χ0v) is 10.4. The third kappa shape index (κ3) is 1.26. The first-order chi connectivity index (χ1) is 7.46. The van der Waals surface area contributed by atoms with Gasteiger partial charge >= 0.3 is 0 Å². The van der Waals surface area contributed by atoms with E-state index >= 15 is 0 Å². The van der Waals surface area contributed by atoms with Crippen LogP contribution in [-0.4, -0.2) is 30.7 Å². The van der Waals surface area contributed by atoms with Crippen LogP contribution >= 0.6 is 0 Å². The molecule has 1 aliphatic heterocycles. The molecule has 2 aliphatic rings. The van der Waals surface area contributed by atoms with Crippen LogP contribution in [0.15, 0.2) is 0 Å². The van der Waals surface area contributed by atoms with Gasteiger partial charge in [-0.15, -0.1) is 0 Å². The number of likely N-dealkylation sites (N-methyl/N-ethyl adjacent to an activating group) is 1. The van der Waals surface area contributed by atoms with Gasteiger partial charge in [0.05, 0.1) is 6.10 Å². The molecule has 0 aromatic rings. The summed E-state index contributed by atoms with van der Waals surface area (Å²) >= 11 is 0. The molecule has 1 saturated carbocycles. The van der Waals surface area contributed by atoms with Crippen LogP contribution in [0.5, 0.6) is 0 Å². The minimum absolute atomic E-state index is 0.0215. The van der Waals surface area contributed by atoms with Crippen molar-refractivity contribution >= 4 is 5.91 Å². The Balaban J connectivity index is 2.22. The van der Waals surface area contributed by atoms with Crippen LogP contribution < -0.4 is 11.1 Å². The average molecular weight is 226 g/mol. The molecule has 3 atom stereocenters. The molecular formula is C12H22N2O2. The Bertz CT molecular complexity index is 303. The predicted octanol–water partition coefficient (Wildman–Crippen LogP) is 0.655. The average Bonchev–Trinajstić information content (AvgIpc) is 2.28. The summed E-state index contributed by atoms with van der Waals surface area (Å²) < 4.78 is 5.76. The lowest BCUT2D eigenvalue weighted by Gasteiger charge is -2.65. The fraction of sp³-hybridized carbons (Fsp3) is 0.917. The molecule has 1 heterocycles. The summed E-state index contributed by atoms with van der Waals surface area (Å²) in [5.74, 6) is 0.162. The van der Waals surface area contributed by atoms with E-state index < -0.39 is 5.54 Å². The van der Waals surface area contributed by atoms with Crippen molar-refractivity contribution in [1.29, 1.82) is 0 Å². The van der Waals surface area contributed by atoms with Crippen molar-refractivity contribution in [2.24, 2.45) is 17.1 Å². The molecule has 3 N–H and O–H groups in total. The number of rotatable bonds is 2. The van der Waals surface area contributed by atoms with E-state index in [2.05, 4.69) is 5.32 Å².